The van der Waals surface area contributed by atoms with E-state index in [0.29, 0.717) is 5.69 Å². The predicted molar refractivity (Wildman–Crippen MR) is 59.4 cm³/mol. The van der Waals surface area contributed by atoms with E-state index in [9.17, 15) is 9.18 Å². The third-order valence-electron chi connectivity index (χ3n) is 3.22. The molecule has 6 heteroatoms. The number of carbonyl (C=O) groups excluding carboxylic acids is 1. The summed E-state index contributed by atoms with van der Waals surface area (Å²) in [5.74, 6) is -0.165. The molecule has 1 amide bonds. The van der Waals surface area contributed by atoms with Gasteiger partial charge in [0.15, 0.2) is 5.69 Å². The molecule has 0 bridgehead atoms. The van der Waals surface area contributed by atoms with Gasteiger partial charge in [0.25, 0.3) is 5.91 Å². The molecule has 1 aromatic rings. The Kier molecular flexibility index (Phi) is 2.22. The van der Waals surface area contributed by atoms with E-state index in [0.717, 1.165) is 25.3 Å². The zero-order valence-corrected chi connectivity index (χ0v) is 9.74. The van der Waals surface area contributed by atoms with Crippen molar-refractivity contribution in [2.24, 2.45) is 0 Å². The lowest BCUT2D eigenvalue weighted by Crippen LogP contribution is -2.59. The van der Waals surface area contributed by atoms with Crippen molar-refractivity contribution in [1.29, 1.82) is 0 Å². The molecule has 17 heavy (non-hydrogen) atoms. The molecule has 1 aromatic heterocycles. The van der Waals surface area contributed by atoms with E-state index in [1.165, 1.54) is 11.8 Å². The summed E-state index contributed by atoms with van der Waals surface area (Å²) in [4.78, 5) is 13.5. The summed E-state index contributed by atoms with van der Waals surface area (Å²) in [6.45, 7) is 4.25. The van der Waals surface area contributed by atoms with Crippen LogP contribution in [0.5, 0.6) is 0 Å². The van der Waals surface area contributed by atoms with Crippen molar-refractivity contribution in [3.63, 3.8) is 0 Å². The lowest BCUT2D eigenvalue weighted by molar-refractivity contribution is -0.00827. The summed E-state index contributed by atoms with van der Waals surface area (Å²) in [6.07, 6.45) is 0. The highest BCUT2D eigenvalue weighted by Gasteiger charge is 2.42. The largest absolute Gasteiger partial charge is 0.331 e. The minimum Gasteiger partial charge on any atom is -0.331 e. The van der Waals surface area contributed by atoms with Gasteiger partial charge in [-0.05, 0) is 13.0 Å². The van der Waals surface area contributed by atoms with Gasteiger partial charge in [-0.2, -0.15) is 5.10 Å². The highest BCUT2D eigenvalue weighted by Crippen LogP contribution is 2.26. The van der Waals surface area contributed by atoms with Gasteiger partial charge in [0.1, 0.15) is 5.67 Å². The molecular formula is C11H15FN4O. The fraction of sp³-hybridized carbons (Fsp3) is 0.636. The molecule has 2 aliphatic heterocycles. The maximum absolute atomic E-state index is 13.3. The van der Waals surface area contributed by atoms with E-state index in [-0.39, 0.29) is 19.0 Å². The fourth-order valence-corrected chi connectivity index (χ4v) is 2.35. The number of amides is 1. The van der Waals surface area contributed by atoms with Crippen LogP contribution in [0.15, 0.2) is 6.07 Å². The molecule has 0 aromatic carbocycles. The van der Waals surface area contributed by atoms with Crippen molar-refractivity contribution in [2.75, 3.05) is 19.6 Å². The maximum Gasteiger partial charge on any atom is 0.274 e. The number of rotatable bonds is 1. The van der Waals surface area contributed by atoms with Crippen LogP contribution in [0, 0.1) is 0 Å². The molecule has 1 fully saturated rings. The number of likely N-dealkylation sites (tertiary alicyclic amines) is 1. The second-order valence-electron chi connectivity index (χ2n) is 5.00. The topological polar surface area (TPSA) is 50.2 Å². The van der Waals surface area contributed by atoms with Crippen LogP contribution in [-0.4, -0.2) is 45.9 Å². The van der Waals surface area contributed by atoms with Crippen LogP contribution < -0.4 is 5.32 Å². The van der Waals surface area contributed by atoms with E-state index in [1.807, 2.05) is 4.68 Å². The Hall–Kier alpha value is -1.43. The van der Waals surface area contributed by atoms with Crippen LogP contribution >= 0.6 is 0 Å². The summed E-state index contributed by atoms with van der Waals surface area (Å²) in [5, 5.41) is 7.48. The first-order valence-corrected chi connectivity index (χ1v) is 5.81. The molecular weight excluding hydrogens is 223 g/mol. The first-order valence-electron chi connectivity index (χ1n) is 5.81. The number of hydrogen-bond acceptors (Lipinski definition) is 3. The third kappa shape index (κ3) is 1.82. The summed E-state index contributed by atoms with van der Waals surface area (Å²) in [5.41, 5.74) is 0.221. The van der Waals surface area contributed by atoms with Crippen LogP contribution in [0.1, 0.15) is 23.1 Å². The van der Waals surface area contributed by atoms with E-state index >= 15 is 0 Å². The number of nitrogens with one attached hydrogen (secondary N) is 1. The van der Waals surface area contributed by atoms with Crippen molar-refractivity contribution in [1.82, 2.24) is 20.0 Å². The molecule has 0 aliphatic carbocycles. The highest BCUT2D eigenvalue weighted by molar-refractivity contribution is 5.93. The number of hydrogen-bond donors (Lipinski definition) is 1. The van der Waals surface area contributed by atoms with Gasteiger partial charge >= 0.3 is 0 Å². The average Bonchev–Trinajstić information content (AvgIpc) is 2.68. The zero-order chi connectivity index (χ0) is 12.0. The van der Waals surface area contributed by atoms with Crippen molar-refractivity contribution in [3.05, 3.63) is 17.5 Å². The van der Waals surface area contributed by atoms with Crippen LogP contribution in [0.4, 0.5) is 4.39 Å². The normalized spacial score (nSPS) is 21.9. The van der Waals surface area contributed by atoms with Crippen LogP contribution in [0.2, 0.25) is 0 Å². The van der Waals surface area contributed by atoms with Crippen molar-refractivity contribution >= 4 is 5.91 Å². The molecule has 0 saturated carbocycles. The molecule has 1 N–H and O–H groups in total. The van der Waals surface area contributed by atoms with Gasteiger partial charge in [-0.25, -0.2) is 4.39 Å². The minimum atomic E-state index is -1.23. The summed E-state index contributed by atoms with van der Waals surface area (Å²) in [7, 11) is 0. The molecule has 0 radical (unpaired) electrons. The Morgan fingerprint density at radius 3 is 3.00 bits per heavy atom. The Bertz CT molecular complexity index is 437. The van der Waals surface area contributed by atoms with Gasteiger partial charge in [-0.15, -0.1) is 0 Å². The summed E-state index contributed by atoms with van der Waals surface area (Å²) < 4.78 is 15.2. The van der Waals surface area contributed by atoms with Crippen molar-refractivity contribution in [3.8, 4) is 0 Å². The quantitative estimate of drug-likeness (QED) is 0.759. The Morgan fingerprint density at radius 2 is 2.35 bits per heavy atom. The van der Waals surface area contributed by atoms with E-state index < -0.39 is 5.67 Å². The molecule has 0 unspecified atom stereocenters. The molecule has 0 atom stereocenters. The van der Waals surface area contributed by atoms with Gasteiger partial charge in [-0.3, -0.25) is 9.48 Å². The number of nitrogens with zero attached hydrogens (tertiary/aromatic N) is 3. The SMILES string of the molecule is CC1(F)CN(C(=O)c2cc3n(n2)CCNC3)C1. The Balaban J connectivity index is 1.76. The van der Waals surface area contributed by atoms with Crippen LogP contribution in [0.25, 0.3) is 0 Å². The first kappa shape index (κ1) is 10.7. The smallest absolute Gasteiger partial charge is 0.274 e. The predicted octanol–water partition coefficient (Wildman–Crippen LogP) is 0.170. The summed E-state index contributed by atoms with van der Waals surface area (Å²) in [6, 6.07) is 1.79. The van der Waals surface area contributed by atoms with Gasteiger partial charge in [0.2, 0.25) is 0 Å². The number of aromatic nitrogens is 2. The second-order valence-corrected chi connectivity index (χ2v) is 5.00. The Labute approximate surface area is 98.6 Å². The molecule has 3 rings (SSSR count). The summed E-state index contributed by atoms with van der Waals surface area (Å²) >= 11 is 0. The van der Waals surface area contributed by atoms with Gasteiger partial charge < -0.3 is 10.2 Å². The first-order chi connectivity index (χ1) is 8.05. The number of fused-ring (bicyclic) bond motifs is 1. The molecule has 92 valence electrons. The number of carbonyl (C=O) groups is 1. The maximum atomic E-state index is 13.3. The average molecular weight is 238 g/mol. The molecule has 2 aliphatic rings. The van der Waals surface area contributed by atoms with E-state index in [4.69, 9.17) is 0 Å². The molecule has 3 heterocycles. The van der Waals surface area contributed by atoms with Crippen molar-refractivity contribution < 1.29 is 9.18 Å². The number of alkyl halides is 1. The lowest BCUT2D eigenvalue weighted by Gasteiger charge is -2.41. The lowest BCUT2D eigenvalue weighted by atomic mass is 9.99. The zero-order valence-electron chi connectivity index (χ0n) is 9.74. The molecule has 1 saturated heterocycles. The van der Waals surface area contributed by atoms with E-state index in [1.54, 1.807) is 6.07 Å². The standard InChI is InChI=1S/C11H15FN4O/c1-11(12)6-15(7-11)10(17)9-4-8-5-13-2-3-16(8)14-9/h4,13H,2-3,5-7H2,1H3. The van der Waals surface area contributed by atoms with Gasteiger partial charge in [-0.1, -0.05) is 0 Å². The fourth-order valence-electron chi connectivity index (χ4n) is 2.35. The van der Waals surface area contributed by atoms with Gasteiger partial charge in [0.05, 0.1) is 25.3 Å². The van der Waals surface area contributed by atoms with Gasteiger partial charge in [0, 0.05) is 13.1 Å². The Morgan fingerprint density at radius 1 is 1.59 bits per heavy atom. The van der Waals surface area contributed by atoms with Crippen LogP contribution in [0.3, 0.4) is 0 Å². The molecule has 5 nitrogen and oxygen atoms in total. The third-order valence-corrected chi connectivity index (χ3v) is 3.22. The highest BCUT2D eigenvalue weighted by atomic mass is 19.1. The number of halogens is 1. The minimum absolute atomic E-state index is 0.165. The van der Waals surface area contributed by atoms with E-state index in [2.05, 4.69) is 10.4 Å². The van der Waals surface area contributed by atoms with Crippen LogP contribution in [-0.2, 0) is 13.1 Å². The van der Waals surface area contributed by atoms with Crippen molar-refractivity contribution in [2.45, 2.75) is 25.7 Å². The molecule has 0 spiro atoms. The second kappa shape index (κ2) is 3.53. The monoisotopic (exact) mass is 238 g/mol.